The first-order valence-electron chi connectivity index (χ1n) is 12.0. The number of carbonyl (C=O) groups excluding carboxylic acids is 2. The zero-order valence-corrected chi connectivity index (χ0v) is 20.3. The van der Waals surface area contributed by atoms with Crippen LogP contribution in [0.2, 0.25) is 0 Å². The molecule has 1 saturated heterocycles. The van der Waals surface area contributed by atoms with Gasteiger partial charge in [-0.25, -0.2) is 4.98 Å². The molecule has 0 saturated carbocycles. The molecule has 0 radical (unpaired) electrons. The summed E-state index contributed by atoms with van der Waals surface area (Å²) in [6.07, 6.45) is 2.44. The zero-order valence-electron chi connectivity index (χ0n) is 20.3. The number of benzene rings is 3. The van der Waals surface area contributed by atoms with Gasteiger partial charge in [-0.3, -0.25) is 9.59 Å². The van der Waals surface area contributed by atoms with Crippen LogP contribution in [0.15, 0.2) is 79.0 Å². The van der Waals surface area contributed by atoms with E-state index in [1.165, 1.54) is 0 Å². The topological polar surface area (TPSA) is 83.6 Å². The van der Waals surface area contributed by atoms with Gasteiger partial charge in [-0.1, -0.05) is 18.2 Å². The molecule has 0 bridgehead atoms. The van der Waals surface area contributed by atoms with Crippen molar-refractivity contribution in [2.24, 2.45) is 0 Å². The van der Waals surface area contributed by atoms with E-state index in [-0.39, 0.29) is 5.91 Å². The molecule has 3 aromatic carbocycles. The van der Waals surface area contributed by atoms with Crippen LogP contribution >= 0.6 is 0 Å². The number of piperazine rings is 1. The first-order chi connectivity index (χ1) is 17.5. The maximum atomic E-state index is 12.8. The highest BCUT2D eigenvalue weighted by atomic mass is 16.5. The second-order valence-corrected chi connectivity index (χ2v) is 9.20. The number of fused-ring (bicyclic) bond motifs is 1. The number of hydrogen-bond acceptors (Lipinski definition) is 6. The number of nitrogens with zero attached hydrogens (tertiary/aromatic N) is 2. The Morgan fingerprint density at radius 3 is 2.50 bits per heavy atom. The molecule has 182 valence electrons. The standard InChI is InChI=1S/C29H28N4O3/c1-19-16-33(17-20(2)31-19)24-8-6-21(7-9-24)29(35)32-28-15-26(12-13-30-28)36-25-10-11-27-22(14-25)4-3-5-23(27)18-34/h3-15,18-20,31H,16-17H2,1-2H3,(H,30,32,35). The second-order valence-electron chi connectivity index (χ2n) is 9.20. The minimum atomic E-state index is -0.236. The molecule has 7 nitrogen and oxygen atoms in total. The van der Waals surface area contributed by atoms with Gasteiger partial charge in [-0.15, -0.1) is 0 Å². The van der Waals surface area contributed by atoms with E-state index in [9.17, 15) is 9.59 Å². The lowest BCUT2D eigenvalue weighted by Crippen LogP contribution is -2.54. The van der Waals surface area contributed by atoms with Crippen LogP contribution in [0, 0.1) is 0 Å². The van der Waals surface area contributed by atoms with Crippen LogP contribution in [0.25, 0.3) is 10.8 Å². The normalized spacial score (nSPS) is 17.6. The monoisotopic (exact) mass is 480 g/mol. The number of rotatable bonds is 6. The molecule has 2 atom stereocenters. The van der Waals surface area contributed by atoms with Crippen molar-refractivity contribution < 1.29 is 14.3 Å². The number of aldehydes is 1. The highest BCUT2D eigenvalue weighted by Crippen LogP contribution is 2.28. The van der Waals surface area contributed by atoms with Crippen LogP contribution in [0.4, 0.5) is 11.5 Å². The number of hydrogen-bond donors (Lipinski definition) is 2. The fraction of sp³-hybridized carbons (Fsp3) is 0.207. The lowest BCUT2D eigenvalue weighted by molar-refractivity contribution is 0.102. The third-order valence-electron chi connectivity index (χ3n) is 6.27. The van der Waals surface area contributed by atoms with Crippen molar-refractivity contribution in [3.8, 4) is 11.5 Å². The summed E-state index contributed by atoms with van der Waals surface area (Å²) in [7, 11) is 0. The number of nitrogens with one attached hydrogen (secondary N) is 2. The molecular formula is C29H28N4O3. The third kappa shape index (κ3) is 5.21. The van der Waals surface area contributed by atoms with Crippen LogP contribution in [-0.4, -0.2) is 42.4 Å². The fourth-order valence-electron chi connectivity index (χ4n) is 4.68. The molecule has 1 fully saturated rings. The number of anilines is 2. The van der Waals surface area contributed by atoms with Crippen molar-refractivity contribution in [2.45, 2.75) is 25.9 Å². The van der Waals surface area contributed by atoms with Crippen molar-refractivity contribution in [1.82, 2.24) is 10.3 Å². The predicted molar refractivity (Wildman–Crippen MR) is 142 cm³/mol. The van der Waals surface area contributed by atoms with Crippen LogP contribution < -0.4 is 20.3 Å². The smallest absolute Gasteiger partial charge is 0.256 e. The van der Waals surface area contributed by atoms with E-state index in [0.717, 1.165) is 35.8 Å². The number of amides is 1. The molecule has 0 spiro atoms. The Labute approximate surface area is 210 Å². The van der Waals surface area contributed by atoms with E-state index >= 15 is 0 Å². The Balaban J connectivity index is 1.26. The van der Waals surface area contributed by atoms with Crippen molar-refractivity contribution in [3.63, 3.8) is 0 Å². The summed E-state index contributed by atoms with van der Waals surface area (Å²) < 4.78 is 6.00. The minimum Gasteiger partial charge on any atom is -0.457 e. The van der Waals surface area contributed by atoms with E-state index in [2.05, 4.69) is 34.4 Å². The van der Waals surface area contributed by atoms with E-state index in [4.69, 9.17) is 4.74 Å². The highest BCUT2D eigenvalue weighted by Gasteiger charge is 2.21. The molecular weight excluding hydrogens is 452 g/mol. The molecule has 2 heterocycles. The number of ether oxygens (including phenoxy) is 1. The average Bonchev–Trinajstić information content (AvgIpc) is 2.88. The van der Waals surface area contributed by atoms with Crippen LogP contribution in [0.3, 0.4) is 0 Å². The van der Waals surface area contributed by atoms with Gasteiger partial charge in [-0.2, -0.15) is 0 Å². The average molecular weight is 481 g/mol. The van der Waals surface area contributed by atoms with Crippen molar-refractivity contribution >= 4 is 34.5 Å². The molecule has 0 aliphatic carbocycles. The van der Waals surface area contributed by atoms with Crippen LogP contribution in [-0.2, 0) is 0 Å². The summed E-state index contributed by atoms with van der Waals surface area (Å²) >= 11 is 0. The Bertz CT molecular complexity index is 1390. The summed E-state index contributed by atoms with van der Waals surface area (Å²) in [6.45, 7) is 6.22. The second kappa shape index (κ2) is 10.2. The quantitative estimate of drug-likeness (QED) is 0.366. The predicted octanol–water partition coefficient (Wildman–Crippen LogP) is 5.28. The molecule has 2 unspecified atom stereocenters. The first kappa shape index (κ1) is 23.5. The van der Waals surface area contributed by atoms with E-state index in [1.807, 2.05) is 54.6 Å². The Morgan fingerprint density at radius 2 is 1.75 bits per heavy atom. The highest BCUT2D eigenvalue weighted by molar-refractivity contribution is 6.04. The third-order valence-corrected chi connectivity index (χ3v) is 6.27. The summed E-state index contributed by atoms with van der Waals surface area (Å²) in [4.78, 5) is 30.7. The van der Waals surface area contributed by atoms with E-state index < -0.39 is 0 Å². The Morgan fingerprint density at radius 1 is 1.00 bits per heavy atom. The number of aromatic nitrogens is 1. The van der Waals surface area contributed by atoms with E-state index in [0.29, 0.717) is 40.5 Å². The lowest BCUT2D eigenvalue weighted by atomic mass is 10.1. The minimum absolute atomic E-state index is 0.236. The molecule has 1 amide bonds. The summed E-state index contributed by atoms with van der Waals surface area (Å²) in [6, 6.07) is 23.0. The number of carbonyl (C=O) groups is 2. The lowest BCUT2D eigenvalue weighted by Gasteiger charge is -2.37. The largest absolute Gasteiger partial charge is 0.457 e. The molecule has 36 heavy (non-hydrogen) atoms. The molecule has 1 aliphatic rings. The molecule has 1 aromatic heterocycles. The SMILES string of the molecule is CC1CN(c2ccc(C(=O)Nc3cc(Oc4ccc5c(C=O)cccc5c4)ccn3)cc2)CC(C)N1. The molecule has 1 aliphatic heterocycles. The van der Waals surface area contributed by atoms with Crippen molar-refractivity contribution in [3.05, 3.63) is 90.1 Å². The molecule has 2 N–H and O–H groups in total. The molecule has 5 rings (SSSR count). The number of pyridine rings is 1. The molecule has 4 aromatic rings. The summed E-state index contributed by atoms with van der Waals surface area (Å²) in [5.41, 5.74) is 2.30. The fourth-order valence-corrected chi connectivity index (χ4v) is 4.68. The van der Waals surface area contributed by atoms with Crippen molar-refractivity contribution in [2.75, 3.05) is 23.3 Å². The van der Waals surface area contributed by atoms with Gasteiger partial charge >= 0.3 is 0 Å². The maximum absolute atomic E-state index is 12.8. The summed E-state index contributed by atoms with van der Waals surface area (Å²) in [5.74, 6) is 1.33. The van der Waals surface area contributed by atoms with E-state index in [1.54, 1.807) is 24.4 Å². The first-order valence-corrected chi connectivity index (χ1v) is 12.0. The van der Waals surface area contributed by atoms with Gasteiger partial charge in [0.1, 0.15) is 17.3 Å². The van der Waals surface area contributed by atoms with Gasteiger partial charge in [-0.05, 0) is 73.2 Å². The van der Waals surface area contributed by atoms with Crippen molar-refractivity contribution in [1.29, 1.82) is 0 Å². The van der Waals surface area contributed by atoms with Crippen LogP contribution in [0.1, 0.15) is 34.6 Å². The summed E-state index contributed by atoms with van der Waals surface area (Å²) in [5, 5.41) is 8.16. The Hall–Kier alpha value is -4.23. The van der Waals surface area contributed by atoms with Gasteiger partial charge in [0.05, 0.1) is 0 Å². The zero-order chi connectivity index (χ0) is 25.1. The van der Waals surface area contributed by atoms with Gasteiger partial charge in [0, 0.05) is 54.3 Å². The Kier molecular flexibility index (Phi) is 6.64. The van der Waals surface area contributed by atoms with Gasteiger partial charge in [0.15, 0.2) is 6.29 Å². The maximum Gasteiger partial charge on any atom is 0.256 e. The van der Waals surface area contributed by atoms with Gasteiger partial charge < -0.3 is 20.3 Å². The van der Waals surface area contributed by atoms with Crippen LogP contribution in [0.5, 0.6) is 11.5 Å². The van der Waals surface area contributed by atoms with Gasteiger partial charge in [0.2, 0.25) is 0 Å². The van der Waals surface area contributed by atoms with Gasteiger partial charge in [0.25, 0.3) is 5.91 Å². The molecule has 7 heteroatoms.